The van der Waals surface area contributed by atoms with Crippen LogP contribution in [0.3, 0.4) is 0 Å². The molecule has 166 valence electrons. The van der Waals surface area contributed by atoms with Gasteiger partial charge in [-0.1, -0.05) is 29.8 Å². The zero-order chi connectivity index (χ0) is 22.7. The van der Waals surface area contributed by atoms with Crippen molar-refractivity contribution in [3.8, 4) is 5.69 Å². The number of carbonyl (C=O) groups excluding carboxylic acids is 1. The first kappa shape index (κ1) is 21.6. The molecule has 0 radical (unpaired) electrons. The summed E-state index contributed by atoms with van der Waals surface area (Å²) in [5.74, 6) is -1.18. The Balaban J connectivity index is 1.75. The van der Waals surface area contributed by atoms with Crippen LogP contribution in [0, 0.1) is 12.7 Å². The smallest absolute Gasteiger partial charge is 0.352 e. The Bertz CT molecular complexity index is 1230. The van der Waals surface area contributed by atoms with Gasteiger partial charge in [0.1, 0.15) is 5.82 Å². The average molecular weight is 438 g/mol. The monoisotopic (exact) mass is 438 g/mol. The van der Waals surface area contributed by atoms with Crippen molar-refractivity contribution in [3.05, 3.63) is 92.0 Å². The van der Waals surface area contributed by atoms with E-state index in [0.717, 1.165) is 33.2 Å². The van der Waals surface area contributed by atoms with Crippen LogP contribution in [0.25, 0.3) is 5.69 Å². The zero-order valence-electron chi connectivity index (χ0n) is 17.6. The molecule has 1 atom stereocenters. The predicted octanol–water partition coefficient (Wildman–Crippen LogP) is 1.80. The van der Waals surface area contributed by atoms with Gasteiger partial charge in [-0.2, -0.15) is 9.78 Å². The number of hydrogen-bond donors (Lipinski definition) is 1. The summed E-state index contributed by atoms with van der Waals surface area (Å²) in [6.07, 6.45) is 1.62. The van der Waals surface area contributed by atoms with E-state index < -0.39 is 28.7 Å². The number of amides is 1. The van der Waals surface area contributed by atoms with E-state index in [4.69, 9.17) is 4.74 Å². The van der Waals surface area contributed by atoms with E-state index in [1.807, 2.05) is 19.1 Å². The SMILES string of the molecule is Cc1ccc(Cn2c(=O)c(C(=O)NCC3CCCO3)nn(-c3ccc(F)cc3)c2=O)cc1. The number of rotatable bonds is 6. The molecule has 1 N–H and O–H groups in total. The molecular formula is C23H23FN4O4. The molecule has 3 aromatic rings. The molecule has 1 amide bonds. The van der Waals surface area contributed by atoms with E-state index in [1.165, 1.54) is 24.3 Å². The third-order valence-electron chi connectivity index (χ3n) is 5.32. The molecule has 4 rings (SSSR count). The van der Waals surface area contributed by atoms with Crippen molar-refractivity contribution in [2.75, 3.05) is 13.2 Å². The summed E-state index contributed by atoms with van der Waals surface area (Å²) in [6.45, 7) is 2.78. The molecule has 0 saturated carbocycles. The molecule has 0 spiro atoms. The molecule has 2 heterocycles. The zero-order valence-corrected chi connectivity index (χ0v) is 17.6. The van der Waals surface area contributed by atoms with Gasteiger partial charge in [0.2, 0.25) is 5.69 Å². The van der Waals surface area contributed by atoms with E-state index in [9.17, 15) is 18.8 Å². The normalized spacial score (nSPS) is 15.6. The third-order valence-corrected chi connectivity index (χ3v) is 5.32. The fraction of sp³-hybridized carbons (Fsp3) is 0.304. The van der Waals surface area contributed by atoms with Crippen LogP contribution in [0.5, 0.6) is 0 Å². The van der Waals surface area contributed by atoms with E-state index in [0.29, 0.717) is 6.61 Å². The van der Waals surface area contributed by atoms with Crippen molar-refractivity contribution < 1.29 is 13.9 Å². The number of aryl methyl sites for hydroxylation is 1. The second-order valence-corrected chi connectivity index (χ2v) is 7.74. The van der Waals surface area contributed by atoms with Gasteiger partial charge >= 0.3 is 5.69 Å². The van der Waals surface area contributed by atoms with Crippen LogP contribution in [0.2, 0.25) is 0 Å². The summed E-state index contributed by atoms with van der Waals surface area (Å²) in [4.78, 5) is 39.0. The highest BCUT2D eigenvalue weighted by molar-refractivity contribution is 5.91. The highest BCUT2D eigenvalue weighted by Gasteiger charge is 2.22. The van der Waals surface area contributed by atoms with E-state index >= 15 is 0 Å². The highest BCUT2D eigenvalue weighted by Crippen LogP contribution is 2.11. The van der Waals surface area contributed by atoms with Crippen molar-refractivity contribution in [1.29, 1.82) is 0 Å². The van der Waals surface area contributed by atoms with Gasteiger partial charge in [0.25, 0.3) is 11.5 Å². The Hall–Kier alpha value is -3.59. The molecule has 2 aromatic carbocycles. The summed E-state index contributed by atoms with van der Waals surface area (Å²) in [5, 5.41) is 6.70. The number of carbonyl (C=O) groups is 1. The van der Waals surface area contributed by atoms with Gasteiger partial charge in [0, 0.05) is 13.2 Å². The number of nitrogens with zero attached hydrogens (tertiary/aromatic N) is 3. The molecule has 9 heteroatoms. The van der Waals surface area contributed by atoms with Gasteiger partial charge in [-0.25, -0.2) is 9.18 Å². The lowest BCUT2D eigenvalue weighted by Gasteiger charge is -2.14. The minimum absolute atomic E-state index is 0.0341. The second-order valence-electron chi connectivity index (χ2n) is 7.74. The summed E-state index contributed by atoms with van der Waals surface area (Å²) in [6, 6.07) is 12.4. The number of aromatic nitrogens is 3. The Kier molecular flexibility index (Phi) is 6.27. The standard InChI is InChI=1S/C23H23FN4O4/c1-15-4-6-16(7-5-15)14-27-22(30)20(21(29)25-13-19-3-2-12-32-19)26-28(23(27)31)18-10-8-17(24)9-11-18/h4-11,19H,2-3,12-14H2,1H3,(H,25,29). The first-order chi connectivity index (χ1) is 15.4. The number of halogens is 1. The average Bonchev–Trinajstić information content (AvgIpc) is 3.31. The third kappa shape index (κ3) is 4.67. The van der Waals surface area contributed by atoms with Gasteiger partial charge in [0.15, 0.2) is 0 Å². The summed E-state index contributed by atoms with van der Waals surface area (Å²) >= 11 is 0. The van der Waals surface area contributed by atoms with Crippen molar-refractivity contribution in [3.63, 3.8) is 0 Å². The van der Waals surface area contributed by atoms with Gasteiger partial charge < -0.3 is 10.1 Å². The van der Waals surface area contributed by atoms with Gasteiger partial charge in [-0.15, -0.1) is 0 Å². The quantitative estimate of drug-likeness (QED) is 0.633. The molecule has 1 unspecified atom stereocenters. The summed E-state index contributed by atoms with van der Waals surface area (Å²) in [7, 11) is 0. The molecule has 1 aromatic heterocycles. The number of ether oxygens (including phenoxy) is 1. The lowest BCUT2D eigenvalue weighted by atomic mass is 10.1. The van der Waals surface area contributed by atoms with E-state index in [-0.39, 0.29) is 24.9 Å². The first-order valence-electron chi connectivity index (χ1n) is 10.4. The number of nitrogens with one attached hydrogen (secondary N) is 1. The molecule has 0 bridgehead atoms. The van der Waals surface area contributed by atoms with Crippen LogP contribution < -0.4 is 16.6 Å². The van der Waals surface area contributed by atoms with Crippen molar-refractivity contribution >= 4 is 5.91 Å². The molecule has 1 saturated heterocycles. The van der Waals surface area contributed by atoms with Crippen molar-refractivity contribution in [2.45, 2.75) is 32.4 Å². The molecule has 0 aliphatic carbocycles. The van der Waals surface area contributed by atoms with E-state index in [2.05, 4.69) is 10.4 Å². The van der Waals surface area contributed by atoms with Crippen LogP contribution in [-0.2, 0) is 11.3 Å². The maximum atomic E-state index is 13.4. The van der Waals surface area contributed by atoms with Crippen LogP contribution in [-0.4, -0.2) is 39.5 Å². The van der Waals surface area contributed by atoms with Gasteiger partial charge in [-0.05, 0) is 49.6 Å². The minimum Gasteiger partial charge on any atom is -0.376 e. The van der Waals surface area contributed by atoms with Crippen molar-refractivity contribution in [2.24, 2.45) is 0 Å². The lowest BCUT2D eigenvalue weighted by molar-refractivity contribution is 0.0849. The molecule has 1 aliphatic heterocycles. The van der Waals surface area contributed by atoms with Gasteiger partial charge in [0.05, 0.1) is 18.3 Å². The van der Waals surface area contributed by atoms with E-state index in [1.54, 1.807) is 12.1 Å². The molecule has 1 aliphatic rings. The number of hydrogen-bond acceptors (Lipinski definition) is 5. The van der Waals surface area contributed by atoms with Crippen LogP contribution >= 0.6 is 0 Å². The largest absolute Gasteiger partial charge is 0.376 e. The second kappa shape index (κ2) is 9.27. The fourth-order valence-electron chi connectivity index (χ4n) is 3.52. The maximum Gasteiger partial charge on any atom is 0.352 e. The molecule has 1 fully saturated rings. The van der Waals surface area contributed by atoms with Crippen LogP contribution in [0.1, 0.15) is 34.5 Å². The summed E-state index contributed by atoms with van der Waals surface area (Å²) < 4.78 is 20.8. The predicted molar refractivity (Wildman–Crippen MR) is 116 cm³/mol. The number of benzene rings is 2. The Labute approximate surface area is 183 Å². The maximum absolute atomic E-state index is 13.4. The Morgan fingerprint density at radius 3 is 2.53 bits per heavy atom. The lowest BCUT2D eigenvalue weighted by Crippen LogP contribution is -2.46. The summed E-state index contributed by atoms with van der Waals surface area (Å²) in [5.41, 5.74) is 0.0593. The highest BCUT2D eigenvalue weighted by atomic mass is 19.1. The van der Waals surface area contributed by atoms with Crippen molar-refractivity contribution in [1.82, 2.24) is 19.7 Å². The van der Waals surface area contributed by atoms with Crippen LogP contribution in [0.15, 0.2) is 58.1 Å². The topological polar surface area (TPSA) is 95.2 Å². The van der Waals surface area contributed by atoms with Gasteiger partial charge in [-0.3, -0.25) is 14.2 Å². The first-order valence-corrected chi connectivity index (χ1v) is 10.4. The fourth-order valence-corrected chi connectivity index (χ4v) is 3.52. The van der Waals surface area contributed by atoms with Crippen LogP contribution in [0.4, 0.5) is 4.39 Å². The Morgan fingerprint density at radius 1 is 1.16 bits per heavy atom. The molecular weight excluding hydrogens is 415 g/mol. The molecule has 8 nitrogen and oxygen atoms in total. The molecule has 32 heavy (non-hydrogen) atoms. The minimum atomic E-state index is -0.793. The Morgan fingerprint density at radius 2 is 1.88 bits per heavy atom.